The highest BCUT2D eigenvalue weighted by molar-refractivity contribution is 5.78. The van der Waals surface area contributed by atoms with Crippen LogP contribution in [0.1, 0.15) is 11.1 Å². The number of nitrogens with one attached hydrogen (secondary N) is 1. The van der Waals surface area contributed by atoms with Crippen molar-refractivity contribution in [2.45, 2.75) is 13.1 Å². The Kier molecular flexibility index (Phi) is 6.51. The Morgan fingerprint density at radius 2 is 1.56 bits per heavy atom. The number of hydrogen-bond donors (Lipinski definition) is 1. The molecule has 2 aromatic carbocycles. The molecule has 1 aliphatic rings. The summed E-state index contributed by atoms with van der Waals surface area (Å²) < 4.78 is 0. The van der Waals surface area contributed by atoms with Gasteiger partial charge < -0.3 is 5.32 Å². The Labute approximate surface area is 158 Å². The summed E-state index contributed by atoms with van der Waals surface area (Å²) in [7, 11) is 0. The van der Waals surface area contributed by atoms with Crippen molar-refractivity contribution in [2.75, 3.05) is 32.7 Å². The molecule has 1 saturated heterocycles. The van der Waals surface area contributed by atoms with Crippen LogP contribution in [0.4, 0.5) is 5.69 Å². The van der Waals surface area contributed by atoms with E-state index >= 15 is 0 Å². The number of nitro benzene ring substituents is 1. The zero-order valence-electron chi connectivity index (χ0n) is 15.2. The summed E-state index contributed by atoms with van der Waals surface area (Å²) in [5.41, 5.74) is 2.28. The van der Waals surface area contributed by atoms with E-state index in [0.717, 1.165) is 43.9 Å². The summed E-state index contributed by atoms with van der Waals surface area (Å²) >= 11 is 0. The van der Waals surface area contributed by atoms with E-state index in [-0.39, 0.29) is 16.5 Å². The fraction of sp³-hybridized carbons (Fsp3) is 0.350. The van der Waals surface area contributed by atoms with E-state index in [4.69, 9.17) is 0 Å². The number of rotatable bonds is 7. The molecule has 0 radical (unpaired) electrons. The lowest BCUT2D eigenvalue weighted by atomic mass is 10.2. The molecule has 2 aromatic rings. The first-order chi connectivity index (χ1) is 13.1. The third-order valence-corrected chi connectivity index (χ3v) is 4.72. The second-order valence-electron chi connectivity index (χ2n) is 6.74. The lowest BCUT2D eigenvalue weighted by Crippen LogP contribution is -2.49. The standard InChI is InChI=1S/C20H24N4O3/c25-20(21-14-17-4-2-1-3-5-17)16-23-12-10-22(11-13-23)15-18-6-8-19(9-7-18)24(26)27/h1-9H,10-16H2,(H,21,25). The first-order valence-corrected chi connectivity index (χ1v) is 9.09. The third-order valence-electron chi connectivity index (χ3n) is 4.72. The van der Waals surface area contributed by atoms with Crippen molar-refractivity contribution in [1.82, 2.24) is 15.1 Å². The van der Waals surface area contributed by atoms with E-state index in [2.05, 4.69) is 15.1 Å². The van der Waals surface area contributed by atoms with Gasteiger partial charge in [-0.1, -0.05) is 42.5 Å². The van der Waals surface area contributed by atoms with E-state index < -0.39 is 0 Å². The van der Waals surface area contributed by atoms with Crippen LogP contribution in [0.3, 0.4) is 0 Å². The Hall–Kier alpha value is -2.77. The Bertz CT molecular complexity index is 757. The molecular formula is C20H24N4O3. The summed E-state index contributed by atoms with van der Waals surface area (Å²) in [6, 6.07) is 16.6. The summed E-state index contributed by atoms with van der Waals surface area (Å²) in [5, 5.41) is 13.7. The summed E-state index contributed by atoms with van der Waals surface area (Å²) in [6.07, 6.45) is 0. The maximum atomic E-state index is 12.1. The predicted octanol–water partition coefficient (Wildman–Crippen LogP) is 2.03. The van der Waals surface area contributed by atoms with Gasteiger partial charge in [-0.3, -0.25) is 24.7 Å². The number of amides is 1. The van der Waals surface area contributed by atoms with Gasteiger partial charge in [0.25, 0.3) is 5.69 Å². The van der Waals surface area contributed by atoms with Crippen molar-refractivity contribution in [3.8, 4) is 0 Å². The summed E-state index contributed by atoms with van der Waals surface area (Å²) in [5.74, 6) is 0.0441. The first-order valence-electron chi connectivity index (χ1n) is 9.09. The zero-order valence-corrected chi connectivity index (χ0v) is 15.2. The van der Waals surface area contributed by atoms with E-state index in [9.17, 15) is 14.9 Å². The number of carbonyl (C=O) groups is 1. The predicted molar refractivity (Wildman–Crippen MR) is 103 cm³/mol. The topological polar surface area (TPSA) is 78.7 Å². The molecule has 0 spiro atoms. The largest absolute Gasteiger partial charge is 0.351 e. The van der Waals surface area contributed by atoms with Gasteiger partial charge in [0, 0.05) is 51.4 Å². The molecule has 1 fully saturated rings. The minimum atomic E-state index is -0.384. The minimum Gasteiger partial charge on any atom is -0.351 e. The molecule has 3 rings (SSSR count). The van der Waals surface area contributed by atoms with Crippen molar-refractivity contribution < 1.29 is 9.72 Å². The van der Waals surface area contributed by atoms with Crippen molar-refractivity contribution in [3.63, 3.8) is 0 Å². The Morgan fingerprint density at radius 3 is 2.19 bits per heavy atom. The van der Waals surface area contributed by atoms with Gasteiger partial charge in [-0.15, -0.1) is 0 Å². The number of nitro groups is 1. The molecule has 27 heavy (non-hydrogen) atoms. The number of benzene rings is 2. The maximum Gasteiger partial charge on any atom is 0.269 e. The van der Waals surface area contributed by atoms with E-state index in [0.29, 0.717) is 13.1 Å². The van der Waals surface area contributed by atoms with Gasteiger partial charge in [0.2, 0.25) is 5.91 Å². The quantitative estimate of drug-likeness (QED) is 0.598. The highest BCUT2D eigenvalue weighted by Gasteiger charge is 2.19. The lowest BCUT2D eigenvalue weighted by molar-refractivity contribution is -0.384. The van der Waals surface area contributed by atoms with E-state index in [1.54, 1.807) is 12.1 Å². The van der Waals surface area contributed by atoms with Gasteiger partial charge in [0.05, 0.1) is 11.5 Å². The van der Waals surface area contributed by atoms with Crippen LogP contribution >= 0.6 is 0 Å². The van der Waals surface area contributed by atoms with Crippen molar-refractivity contribution in [3.05, 3.63) is 75.8 Å². The smallest absolute Gasteiger partial charge is 0.269 e. The van der Waals surface area contributed by atoms with Crippen LogP contribution in [0.25, 0.3) is 0 Å². The van der Waals surface area contributed by atoms with Crippen LogP contribution in [0.15, 0.2) is 54.6 Å². The number of hydrogen-bond acceptors (Lipinski definition) is 5. The number of non-ortho nitro benzene ring substituents is 1. The molecule has 1 heterocycles. The highest BCUT2D eigenvalue weighted by atomic mass is 16.6. The summed E-state index contributed by atoms with van der Waals surface area (Å²) in [6.45, 7) is 5.17. The van der Waals surface area contributed by atoms with Gasteiger partial charge in [-0.25, -0.2) is 0 Å². The third kappa shape index (κ3) is 5.87. The molecule has 0 atom stereocenters. The Balaban J connectivity index is 1.38. The van der Waals surface area contributed by atoms with Crippen LogP contribution in [-0.2, 0) is 17.9 Å². The average molecular weight is 368 g/mol. The van der Waals surface area contributed by atoms with Crippen molar-refractivity contribution in [2.24, 2.45) is 0 Å². The molecule has 0 bridgehead atoms. The molecule has 0 aliphatic carbocycles. The highest BCUT2D eigenvalue weighted by Crippen LogP contribution is 2.14. The second-order valence-corrected chi connectivity index (χ2v) is 6.74. The van der Waals surface area contributed by atoms with E-state index in [1.165, 1.54) is 0 Å². The summed E-state index contributed by atoms with van der Waals surface area (Å²) in [4.78, 5) is 26.9. The Morgan fingerprint density at radius 1 is 0.926 bits per heavy atom. The average Bonchev–Trinajstić information content (AvgIpc) is 2.69. The molecule has 1 N–H and O–H groups in total. The molecule has 7 nitrogen and oxygen atoms in total. The molecule has 142 valence electrons. The monoisotopic (exact) mass is 368 g/mol. The number of nitrogens with zero attached hydrogens (tertiary/aromatic N) is 3. The molecule has 1 aliphatic heterocycles. The zero-order chi connectivity index (χ0) is 19.1. The van der Waals surface area contributed by atoms with Gasteiger partial charge >= 0.3 is 0 Å². The van der Waals surface area contributed by atoms with Crippen molar-refractivity contribution >= 4 is 11.6 Å². The van der Waals surface area contributed by atoms with Crippen LogP contribution in [0.2, 0.25) is 0 Å². The SMILES string of the molecule is O=C(CN1CCN(Cc2ccc([N+](=O)[O-])cc2)CC1)NCc1ccccc1. The number of carbonyl (C=O) groups excluding carboxylic acids is 1. The van der Waals surface area contributed by atoms with Gasteiger partial charge in [-0.2, -0.15) is 0 Å². The van der Waals surface area contributed by atoms with Crippen LogP contribution in [0, 0.1) is 10.1 Å². The number of piperazine rings is 1. The van der Waals surface area contributed by atoms with Crippen LogP contribution in [0.5, 0.6) is 0 Å². The molecule has 0 aromatic heterocycles. The molecule has 0 saturated carbocycles. The van der Waals surface area contributed by atoms with Crippen LogP contribution in [-0.4, -0.2) is 53.4 Å². The van der Waals surface area contributed by atoms with Gasteiger partial charge in [0.15, 0.2) is 0 Å². The maximum absolute atomic E-state index is 12.1. The van der Waals surface area contributed by atoms with Gasteiger partial charge in [0.1, 0.15) is 0 Å². The normalized spacial score (nSPS) is 15.4. The van der Waals surface area contributed by atoms with Crippen molar-refractivity contribution in [1.29, 1.82) is 0 Å². The fourth-order valence-electron chi connectivity index (χ4n) is 3.14. The van der Waals surface area contributed by atoms with E-state index in [1.807, 2.05) is 42.5 Å². The van der Waals surface area contributed by atoms with Crippen LogP contribution < -0.4 is 5.32 Å². The minimum absolute atomic E-state index is 0.0441. The molecular weight excluding hydrogens is 344 g/mol. The first kappa shape index (κ1) is 19.0. The fourth-order valence-corrected chi connectivity index (χ4v) is 3.14. The molecule has 7 heteroatoms. The lowest BCUT2D eigenvalue weighted by Gasteiger charge is -2.34. The second kappa shape index (κ2) is 9.25. The molecule has 1 amide bonds. The van der Waals surface area contributed by atoms with Gasteiger partial charge in [-0.05, 0) is 11.1 Å². The molecule has 0 unspecified atom stereocenters.